The van der Waals surface area contributed by atoms with Gasteiger partial charge < -0.3 is 19.0 Å². The van der Waals surface area contributed by atoms with Crippen LogP contribution in [0.25, 0.3) is 22.4 Å². The van der Waals surface area contributed by atoms with Crippen molar-refractivity contribution in [3.63, 3.8) is 0 Å². The molecule has 3 aromatic heterocycles. The Morgan fingerprint density at radius 1 is 1.18 bits per heavy atom. The van der Waals surface area contributed by atoms with Gasteiger partial charge in [0.25, 0.3) is 0 Å². The number of pyridine rings is 1. The first-order chi connectivity index (χ1) is 18.5. The first-order valence-corrected chi connectivity index (χ1v) is 12.3. The maximum atomic E-state index is 13.2. The molecule has 39 heavy (non-hydrogen) atoms. The van der Waals surface area contributed by atoms with Crippen molar-refractivity contribution < 1.29 is 41.8 Å². The highest BCUT2D eigenvalue weighted by Crippen LogP contribution is 2.38. The summed E-state index contributed by atoms with van der Waals surface area (Å²) >= 11 is 1.08. The minimum Gasteiger partial charge on any atom is -0.481 e. The molecule has 13 heteroatoms. The number of halogens is 3. The van der Waals surface area contributed by atoms with E-state index in [4.69, 9.17) is 9.15 Å². The van der Waals surface area contributed by atoms with Crippen molar-refractivity contribution in [1.29, 1.82) is 0 Å². The zero-order valence-corrected chi connectivity index (χ0v) is 21.5. The molecular weight excluding hydrogens is 539 g/mol. The van der Waals surface area contributed by atoms with Crippen LogP contribution in [0.3, 0.4) is 0 Å². The van der Waals surface area contributed by atoms with Gasteiger partial charge in [-0.3, -0.25) is 14.5 Å². The Morgan fingerprint density at radius 3 is 2.59 bits per heavy atom. The van der Waals surface area contributed by atoms with Gasteiger partial charge in [0.15, 0.2) is 5.13 Å². The molecule has 0 aliphatic rings. The molecule has 3 heterocycles. The molecule has 1 unspecified atom stereocenters. The van der Waals surface area contributed by atoms with E-state index in [1.807, 2.05) is 0 Å². The minimum atomic E-state index is -4.90. The number of furan rings is 1. The number of thiazole rings is 1. The molecule has 4 rings (SSSR count). The van der Waals surface area contributed by atoms with Crippen LogP contribution in [0.4, 0.5) is 18.3 Å². The maximum Gasteiger partial charge on any atom is 0.573 e. The number of aliphatic carboxylic acids is 1. The number of carbonyl (C=O) groups excluding carboxylic acids is 1. The van der Waals surface area contributed by atoms with Gasteiger partial charge in [-0.1, -0.05) is 0 Å². The second kappa shape index (κ2) is 11.6. The first-order valence-electron chi connectivity index (χ1n) is 11.4. The van der Waals surface area contributed by atoms with E-state index in [-0.39, 0.29) is 17.2 Å². The summed E-state index contributed by atoms with van der Waals surface area (Å²) in [5.74, 6) is -2.19. The van der Waals surface area contributed by atoms with Crippen LogP contribution in [0.2, 0.25) is 0 Å². The molecule has 0 saturated heterocycles. The second-order valence-corrected chi connectivity index (χ2v) is 9.17. The summed E-state index contributed by atoms with van der Waals surface area (Å²) in [5.41, 5.74) is 1.70. The molecule has 1 atom stereocenters. The highest BCUT2D eigenvalue weighted by molar-refractivity contribution is 7.14. The summed E-state index contributed by atoms with van der Waals surface area (Å²) in [6.07, 6.45) is -2.30. The zero-order chi connectivity index (χ0) is 28.2. The van der Waals surface area contributed by atoms with Crippen LogP contribution in [0.15, 0.2) is 64.7 Å². The number of carbonyl (C=O) groups is 2. The lowest BCUT2D eigenvalue weighted by atomic mass is 9.98. The fourth-order valence-corrected chi connectivity index (χ4v) is 4.68. The average Bonchev–Trinajstić information content (AvgIpc) is 3.59. The van der Waals surface area contributed by atoms with E-state index >= 15 is 0 Å². The van der Waals surface area contributed by atoms with Crippen molar-refractivity contribution >= 4 is 28.3 Å². The molecule has 9 nitrogen and oxygen atoms in total. The topological polar surface area (TPSA) is 115 Å². The molecule has 4 aromatic rings. The Balaban J connectivity index is 1.67. The summed E-state index contributed by atoms with van der Waals surface area (Å²) in [6, 6.07) is 10.4. The lowest BCUT2D eigenvalue weighted by Gasteiger charge is -2.20. The standard InChI is InChI=1S/C26H22F3N3O6S/c1-32(24(35)16(11-23(33)34)10-17-4-3-9-37-17)25-31-21(14-39-25)20-12-18(38-26(27,28)29)6-7-19(20)15-5-8-22(36-2)30-13-15/h3-9,12-14,16H,10-11H2,1-2H3,(H,33,34). The highest BCUT2D eigenvalue weighted by Gasteiger charge is 2.32. The predicted octanol–water partition coefficient (Wildman–Crippen LogP) is 5.67. The number of anilines is 1. The largest absolute Gasteiger partial charge is 0.573 e. The van der Waals surface area contributed by atoms with Crippen molar-refractivity contribution in [3.05, 3.63) is 66.1 Å². The van der Waals surface area contributed by atoms with Gasteiger partial charge in [0.1, 0.15) is 11.5 Å². The monoisotopic (exact) mass is 561 g/mol. The number of hydrogen-bond acceptors (Lipinski definition) is 8. The number of aromatic nitrogens is 2. The second-order valence-electron chi connectivity index (χ2n) is 8.34. The van der Waals surface area contributed by atoms with Crippen molar-refractivity contribution in [2.45, 2.75) is 19.2 Å². The number of carboxylic acids is 1. The van der Waals surface area contributed by atoms with Crippen molar-refractivity contribution in [3.8, 4) is 34.0 Å². The van der Waals surface area contributed by atoms with E-state index in [1.54, 1.807) is 29.6 Å². The fourth-order valence-electron chi connectivity index (χ4n) is 3.88. The van der Waals surface area contributed by atoms with Crippen LogP contribution < -0.4 is 14.4 Å². The predicted molar refractivity (Wildman–Crippen MR) is 136 cm³/mol. The van der Waals surface area contributed by atoms with Crippen LogP contribution in [0.5, 0.6) is 11.6 Å². The summed E-state index contributed by atoms with van der Waals surface area (Å²) in [5, 5.41) is 11.1. The lowest BCUT2D eigenvalue weighted by molar-refractivity contribution is -0.274. The van der Waals surface area contributed by atoms with Crippen molar-refractivity contribution in [2.75, 3.05) is 19.1 Å². The van der Waals surface area contributed by atoms with E-state index in [0.717, 1.165) is 11.3 Å². The summed E-state index contributed by atoms with van der Waals surface area (Å²) in [6.45, 7) is 0. The van der Waals surface area contributed by atoms with E-state index in [1.165, 1.54) is 49.7 Å². The highest BCUT2D eigenvalue weighted by atomic mass is 32.1. The Labute approximate surface area is 224 Å². The zero-order valence-electron chi connectivity index (χ0n) is 20.6. The van der Waals surface area contributed by atoms with Gasteiger partial charge in [-0.25, -0.2) is 9.97 Å². The molecule has 0 aliphatic heterocycles. The number of benzene rings is 1. The Bertz CT molecular complexity index is 1440. The van der Waals surface area contributed by atoms with Gasteiger partial charge in [-0.2, -0.15) is 0 Å². The van der Waals surface area contributed by atoms with Gasteiger partial charge in [0.2, 0.25) is 11.8 Å². The average molecular weight is 562 g/mol. The van der Waals surface area contributed by atoms with E-state index < -0.39 is 36.3 Å². The van der Waals surface area contributed by atoms with Gasteiger partial charge >= 0.3 is 12.3 Å². The SMILES string of the molecule is COc1ccc(-c2ccc(OC(F)(F)F)cc2-c2csc(N(C)C(=O)C(CC(=O)O)Cc3ccco3)n2)cn1. The maximum absolute atomic E-state index is 13.2. The summed E-state index contributed by atoms with van der Waals surface area (Å²) in [7, 11) is 2.92. The molecule has 0 radical (unpaired) electrons. The number of methoxy groups -OCH3 is 1. The van der Waals surface area contributed by atoms with Crippen molar-refractivity contribution in [1.82, 2.24) is 9.97 Å². The van der Waals surface area contributed by atoms with Crippen LogP contribution in [-0.4, -0.2) is 47.5 Å². The van der Waals surface area contributed by atoms with Gasteiger partial charge in [0.05, 0.1) is 31.4 Å². The van der Waals surface area contributed by atoms with Crippen molar-refractivity contribution in [2.24, 2.45) is 5.92 Å². The van der Waals surface area contributed by atoms with Crippen LogP contribution in [0, 0.1) is 5.92 Å². The number of rotatable bonds is 10. The number of ether oxygens (including phenoxy) is 2. The Morgan fingerprint density at radius 2 is 1.97 bits per heavy atom. The van der Waals surface area contributed by atoms with Gasteiger partial charge in [-0.15, -0.1) is 24.5 Å². The number of carboxylic acid groups (broad SMARTS) is 1. The van der Waals surface area contributed by atoms with E-state index in [9.17, 15) is 27.9 Å². The number of nitrogens with zero attached hydrogens (tertiary/aromatic N) is 3. The Hall–Kier alpha value is -4.39. The molecule has 1 amide bonds. The Kier molecular flexibility index (Phi) is 8.19. The molecule has 204 valence electrons. The normalized spacial score (nSPS) is 12.1. The van der Waals surface area contributed by atoms with E-state index in [2.05, 4.69) is 14.7 Å². The summed E-state index contributed by atoms with van der Waals surface area (Å²) < 4.78 is 53.3. The third-order valence-corrected chi connectivity index (χ3v) is 6.58. The lowest BCUT2D eigenvalue weighted by Crippen LogP contribution is -2.35. The molecule has 1 N–H and O–H groups in total. The summed E-state index contributed by atoms with van der Waals surface area (Å²) in [4.78, 5) is 34.5. The van der Waals surface area contributed by atoms with E-state index in [0.29, 0.717) is 28.3 Å². The van der Waals surface area contributed by atoms with Crippen LogP contribution in [-0.2, 0) is 16.0 Å². The third-order valence-electron chi connectivity index (χ3n) is 5.66. The molecule has 0 bridgehead atoms. The van der Waals surface area contributed by atoms with Crippen LogP contribution >= 0.6 is 11.3 Å². The van der Waals surface area contributed by atoms with Gasteiger partial charge in [-0.05, 0) is 42.0 Å². The smallest absolute Gasteiger partial charge is 0.481 e. The van der Waals surface area contributed by atoms with Crippen LogP contribution in [0.1, 0.15) is 12.2 Å². The molecule has 0 saturated carbocycles. The number of alkyl halides is 3. The molecule has 0 spiro atoms. The number of hydrogen-bond donors (Lipinski definition) is 1. The fraction of sp³-hybridized carbons (Fsp3) is 0.231. The molecular formula is C26H22F3N3O6S. The van der Waals surface area contributed by atoms with Gasteiger partial charge in [0, 0.05) is 42.2 Å². The third kappa shape index (κ3) is 6.93. The molecule has 1 aromatic carbocycles. The quantitative estimate of drug-likeness (QED) is 0.264. The minimum absolute atomic E-state index is 0.0755. The molecule has 0 fully saturated rings. The number of amides is 1. The first kappa shape index (κ1) is 27.6. The molecule has 0 aliphatic carbocycles.